The number of ether oxygens (including phenoxy) is 2. The van der Waals surface area contributed by atoms with Gasteiger partial charge < -0.3 is 20.1 Å². The molecule has 0 spiro atoms. The van der Waals surface area contributed by atoms with E-state index in [1.807, 2.05) is 6.20 Å². The van der Waals surface area contributed by atoms with Crippen molar-refractivity contribution in [3.05, 3.63) is 52.4 Å². The van der Waals surface area contributed by atoms with Crippen molar-refractivity contribution in [2.75, 3.05) is 24.4 Å². The molecule has 4 rings (SSSR count). The van der Waals surface area contributed by atoms with E-state index in [2.05, 4.69) is 25.7 Å². The Hall–Kier alpha value is -2.88. The van der Waals surface area contributed by atoms with Crippen molar-refractivity contribution in [3.8, 4) is 5.88 Å². The Morgan fingerprint density at radius 2 is 2.03 bits per heavy atom. The van der Waals surface area contributed by atoms with Gasteiger partial charge in [-0.05, 0) is 25.0 Å². The fraction of sp³-hybridized carbons (Fsp3) is 0.300. The van der Waals surface area contributed by atoms with E-state index in [0.29, 0.717) is 34.6 Å². The number of aromatic nitrogens is 4. The van der Waals surface area contributed by atoms with Crippen LogP contribution in [0.25, 0.3) is 0 Å². The summed E-state index contributed by atoms with van der Waals surface area (Å²) in [5.41, 5.74) is 1.21. The van der Waals surface area contributed by atoms with E-state index in [4.69, 9.17) is 32.7 Å². The number of methoxy groups -OCH3 is 1. The highest BCUT2D eigenvalue weighted by Crippen LogP contribution is 2.32. The fourth-order valence-corrected chi connectivity index (χ4v) is 3.17. The van der Waals surface area contributed by atoms with Gasteiger partial charge in [-0.2, -0.15) is 10.1 Å². The van der Waals surface area contributed by atoms with E-state index in [1.165, 1.54) is 6.20 Å². The highest BCUT2D eigenvalue weighted by atomic mass is 35.5. The first-order valence-corrected chi connectivity index (χ1v) is 10.4. The molecule has 0 aliphatic heterocycles. The number of hydrogen-bond donors (Lipinski definition) is 2. The van der Waals surface area contributed by atoms with Crippen LogP contribution in [0.2, 0.25) is 10.0 Å². The molecule has 1 saturated carbocycles. The number of carbonyl (C=O) groups is 1. The van der Waals surface area contributed by atoms with Crippen molar-refractivity contribution in [2.24, 2.45) is 0 Å². The number of anilines is 3. The summed E-state index contributed by atoms with van der Waals surface area (Å²) in [5, 5.41) is 10.7. The van der Waals surface area contributed by atoms with Crippen LogP contribution in [0.1, 0.15) is 23.2 Å². The van der Waals surface area contributed by atoms with Crippen LogP contribution < -0.4 is 15.4 Å². The Morgan fingerprint density at radius 3 is 2.74 bits per heavy atom. The fourth-order valence-electron chi connectivity index (χ4n) is 2.68. The SMILES string of the molecule is COCCn1cc(Nc2ncc(C(=O)Nc3c(Cl)cccc3Cl)c(OC3CC3)n2)cn1. The minimum atomic E-state index is -0.468. The Balaban J connectivity index is 1.54. The zero-order chi connectivity index (χ0) is 21.8. The quantitative estimate of drug-likeness (QED) is 0.491. The van der Waals surface area contributed by atoms with Crippen LogP contribution in [0.3, 0.4) is 0 Å². The van der Waals surface area contributed by atoms with E-state index in [0.717, 1.165) is 12.8 Å². The molecule has 9 nitrogen and oxygen atoms in total. The summed E-state index contributed by atoms with van der Waals surface area (Å²) in [7, 11) is 1.63. The van der Waals surface area contributed by atoms with E-state index < -0.39 is 5.91 Å². The molecule has 0 atom stereocenters. The second-order valence-corrected chi connectivity index (χ2v) is 7.70. The third-order valence-corrected chi connectivity index (χ3v) is 5.05. The predicted octanol–water partition coefficient (Wildman–Crippen LogP) is 4.16. The zero-order valence-corrected chi connectivity index (χ0v) is 18.2. The molecule has 2 aromatic heterocycles. The summed E-state index contributed by atoms with van der Waals surface area (Å²) in [6.07, 6.45) is 6.73. The number of nitrogens with one attached hydrogen (secondary N) is 2. The van der Waals surface area contributed by atoms with Gasteiger partial charge in [0.25, 0.3) is 5.91 Å². The summed E-state index contributed by atoms with van der Waals surface area (Å²) >= 11 is 12.3. The lowest BCUT2D eigenvalue weighted by Crippen LogP contribution is -2.16. The minimum Gasteiger partial charge on any atom is -0.474 e. The molecule has 1 aromatic carbocycles. The first-order chi connectivity index (χ1) is 15.0. The highest BCUT2D eigenvalue weighted by molar-refractivity contribution is 6.40. The average molecular weight is 463 g/mol. The van der Waals surface area contributed by atoms with Gasteiger partial charge >= 0.3 is 0 Å². The van der Waals surface area contributed by atoms with E-state index in [9.17, 15) is 4.79 Å². The van der Waals surface area contributed by atoms with Crippen LogP contribution in [0.4, 0.5) is 17.3 Å². The maximum Gasteiger partial charge on any atom is 0.262 e. The van der Waals surface area contributed by atoms with Crippen molar-refractivity contribution in [1.82, 2.24) is 19.7 Å². The smallest absolute Gasteiger partial charge is 0.262 e. The molecular weight excluding hydrogens is 443 g/mol. The largest absolute Gasteiger partial charge is 0.474 e. The lowest BCUT2D eigenvalue weighted by molar-refractivity contribution is 0.102. The van der Waals surface area contributed by atoms with Crippen LogP contribution in [-0.2, 0) is 11.3 Å². The van der Waals surface area contributed by atoms with Crippen LogP contribution in [0.5, 0.6) is 5.88 Å². The molecule has 0 radical (unpaired) electrons. The lowest BCUT2D eigenvalue weighted by atomic mass is 10.2. The van der Waals surface area contributed by atoms with Gasteiger partial charge in [-0.25, -0.2) is 4.98 Å². The Labute approximate surface area is 188 Å². The molecule has 1 amide bonds. The normalized spacial score (nSPS) is 13.1. The van der Waals surface area contributed by atoms with Crippen LogP contribution in [0, 0.1) is 0 Å². The van der Waals surface area contributed by atoms with Crippen molar-refractivity contribution in [3.63, 3.8) is 0 Å². The summed E-state index contributed by atoms with van der Waals surface area (Å²) in [5.74, 6) is 0.00584. The first kappa shape index (κ1) is 21.4. The van der Waals surface area contributed by atoms with Crippen molar-refractivity contribution < 1.29 is 14.3 Å². The molecule has 0 bridgehead atoms. The molecule has 1 aliphatic rings. The molecule has 162 valence electrons. The number of benzene rings is 1. The van der Waals surface area contributed by atoms with Crippen molar-refractivity contribution in [2.45, 2.75) is 25.5 Å². The molecule has 1 fully saturated rings. The summed E-state index contributed by atoms with van der Waals surface area (Å²) in [4.78, 5) is 21.5. The second kappa shape index (κ2) is 9.51. The van der Waals surface area contributed by atoms with Crippen molar-refractivity contribution >= 4 is 46.4 Å². The average Bonchev–Trinajstić information content (AvgIpc) is 3.45. The molecule has 2 N–H and O–H groups in total. The van der Waals surface area contributed by atoms with E-state index in [-0.39, 0.29) is 23.5 Å². The highest BCUT2D eigenvalue weighted by Gasteiger charge is 2.28. The summed E-state index contributed by atoms with van der Waals surface area (Å²) in [6.45, 7) is 1.18. The number of nitrogens with zero attached hydrogens (tertiary/aromatic N) is 4. The molecule has 3 aromatic rings. The Bertz CT molecular complexity index is 1070. The number of para-hydroxylation sites is 1. The molecule has 0 unspecified atom stereocenters. The molecule has 0 saturated heterocycles. The molecule has 2 heterocycles. The van der Waals surface area contributed by atoms with E-state index in [1.54, 1.807) is 36.2 Å². The van der Waals surface area contributed by atoms with Gasteiger partial charge in [0.05, 0.1) is 40.8 Å². The minimum absolute atomic E-state index is 0.0370. The standard InChI is InChI=1S/C20H20Cl2N6O3/c1-30-8-7-28-11-12(9-24-28)25-20-23-10-14(19(27-20)31-13-5-6-13)18(29)26-17-15(21)3-2-4-16(17)22/h2-4,9-11,13H,5-8H2,1H3,(H,26,29)(H,23,25,27). The maximum atomic E-state index is 12.9. The number of halogens is 2. The van der Waals surface area contributed by atoms with Crippen LogP contribution >= 0.6 is 23.2 Å². The van der Waals surface area contributed by atoms with Crippen molar-refractivity contribution in [1.29, 1.82) is 0 Å². The number of hydrogen-bond acceptors (Lipinski definition) is 7. The van der Waals surface area contributed by atoms with Gasteiger partial charge in [-0.1, -0.05) is 29.3 Å². The molecular formula is C20H20Cl2N6O3. The number of rotatable bonds is 9. The Kier molecular flexibility index (Phi) is 6.55. The number of carbonyl (C=O) groups excluding carboxylic acids is 1. The molecule has 31 heavy (non-hydrogen) atoms. The van der Waals surface area contributed by atoms with Crippen LogP contribution in [0.15, 0.2) is 36.8 Å². The summed E-state index contributed by atoms with van der Waals surface area (Å²) in [6, 6.07) is 4.98. The van der Waals surface area contributed by atoms with Gasteiger partial charge in [0.1, 0.15) is 11.7 Å². The first-order valence-electron chi connectivity index (χ1n) is 9.61. The topological polar surface area (TPSA) is 103 Å². The van der Waals surface area contributed by atoms with Gasteiger partial charge in [-0.3, -0.25) is 9.48 Å². The molecule has 11 heteroatoms. The monoisotopic (exact) mass is 462 g/mol. The van der Waals surface area contributed by atoms with Gasteiger partial charge in [0.2, 0.25) is 11.8 Å². The second-order valence-electron chi connectivity index (χ2n) is 6.89. The third kappa shape index (κ3) is 5.43. The van der Waals surface area contributed by atoms with Gasteiger partial charge in [-0.15, -0.1) is 0 Å². The van der Waals surface area contributed by atoms with Gasteiger partial charge in [0, 0.05) is 19.5 Å². The predicted molar refractivity (Wildman–Crippen MR) is 117 cm³/mol. The number of amides is 1. The van der Waals surface area contributed by atoms with Gasteiger partial charge in [0.15, 0.2) is 0 Å². The zero-order valence-electron chi connectivity index (χ0n) is 16.6. The third-order valence-electron chi connectivity index (χ3n) is 4.42. The maximum absolute atomic E-state index is 12.9. The van der Waals surface area contributed by atoms with Crippen LogP contribution in [-0.4, -0.2) is 45.5 Å². The Morgan fingerprint density at radius 1 is 1.26 bits per heavy atom. The summed E-state index contributed by atoms with van der Waals surface area (Å²) < 4.78 is 12.6. The van der Waals surface area contributed by atoms with E-state index >= 15 is 0 Å². The molecule has 1 aliphatic carbocycles. The lowest BCUT2D eigenvalue weighted by Gasteiger charge is -2.13.